The first kappa shape index (κ1) is 11.1. The SMILES string of the molecule is Cc1cccc(CNc2cncc(Br)c2)n1. The van der Waals surface area contributed by atoms with Gasteiger partial charge in [0, 0.05) is 16.4 Å². The molecule has 0 saturated heterocycles. The van der Waals surface area contributed by atoms with Gasteiger partial charge in [0.05, 0.1) is 24.1 Å². The predicted molar refractivity (Wildman–Crippen MR) is 68.2 cm³/mol. The van der Waals surface area contributed by atoms with Crippen LogP contribution in [0.15, 0.2) is 41.1 Å². The van der Waals surface area contributed by atoms with Crippen molar-refractivity contribution in [1.82, 2.24) is 9.97 Å². The van der Waals surface area contributed by atoms with Gasteiger partial charge in [-0.3, -0.25) is 9.97 Å². The van der Waals surface area contributed by atoms with E-state index in [1.165, 1.54) is 0 Å². The van der Waals surface area contributed by atoms with Crippen molar-refractivity contribution < 1.29 is 0 Å². The Kier molecular flexibility index (Phi) is 3.51. The van der Waals surface area contributed by atoms with Crippen molar-refractivity contribution in [2.24, 2.45) is 0 Å². The number of nitrogens with one attached hydrogen (secondary N) is 1. The number of aromatic nitrogens is 2. The van der Waals surface area contributed by atoms with Crippen molar-refractivity contribution in [2.45, 2.75) is 13.5 Å². The maximum atomic E-state index is 4.42. The lowest BCUT2D eigenvalue weighted by molar-refractivity contribution is 1.01. The fourth-order valence-corrected chi connectivity index (χ4v) is 1.76. The van der Waals surface area contributed by atoms with Crippen LogP contribution in [0.4, 0.5) is 5.69 Å². The predicted octanol–water partition coefficient (Wildman–Crippen LogP) is 3.16. The Morgan fingerprint density at radius 3 is 2.94 bits per heavy atom. The number of hydrogen-bond donors (Lipinski definition) is 1. The van der Waals surface area contributed by atoms with Crippen LogP contribution >= 0.6 is 15.9 Å². The average Bonchev–Trinajstić information content (AvgIpc) is 2.27. The summed E-state index contributed by atoms with van der Waals surface area (Å²) < 4.78 is 0.967. The second-order valence-electron chi connectivity index (χ2n) is 3.52. The van der Waals surface area contributed by atoms with E-state index in [1.807, 2.05) is 31.2 Å². The molecule has 0 aromatic carbocycles. The first-order chi connectivity index (χ1) is 7.74. The summed E-state index contributed by atoms with van der Waals surface area (Å²) in [5.74, 6) is 0. The minimum Gasteiger partial charge on any atom is -0.378 e. The van der Waals surface area contributed by atoms with Crippen LogP contribution in [0.3, 0.4) is 0 Å². The Morgan fingerprint density at radius 1 is 1.31 bits per heavy atom. The molecule has 0 radical (unpaired) electrons. The molecule has 0 aliphatic heterocycles. The number of hydrogen-bond acceptors (Lipinski definition) is 3. The van der Waals surface area contributed by atoms with E-state index in [0.717, 1.165) is 21.5 Å². The summed E-state index contributed by atoms with van der Waals surface area (Å²) in [4.78, 5) is 8.50. The number of nitrogens with zero attached hydrogens (tertiary/aromatic N) is 2. The Bertz CT molecular complexity index is 440. The molecule has 0 atom stereocenters. The Labute approximate surface area is 103 Å². The highest BCUT2D eigenvalue weighted by Crippen LogP contribution is 2.14. The molecule has 2 aromatic rings. The zero-order chi connectivity index (χ0) is 11.4. The van der Waals surface area contributed by atoms with E-state index in [-0.39, 0.29) is 0 Å². The molecule has 16 heavy (non-hydrogen) atoms. The van der Waals surface area contributed by atoms with Crippen LogP contribution in [-0.4, -0.2) is 9.97 Å². The summed E-state index contributed by atoms with van der Waals surface area (Å²) in [6.07, 6.45) is 3.55. The van der Waals surface area contributed by atoms with Gasteiger partial charge in [-0.25, -0.2) is 0 Å². The molecule has 2 heterocycles. The largest absolute Gasteiger partial charge is 0.378 e. The molecule has 0 aliphatic rings. The van der Waals surface area contributed by atoms with Gasteiger partial charge in [-0.2, -0.15) is 0 Å². The third-order valence-electron chi connectivity index (χ3n) is 2.12. The van der Waals surface area contributed by atoms with Crippen molar-refractivity contribution in [3.8, 4) is 0 Å². The smallest absolute Gasteiger partial charge is 0.0597 e. The molecule has 82 valence electrons. The Morgan fingerprint density at radius 2 is 2.19 bits per heavy atom. The monoisotopic (exact) mass is 277 g/mol. The molecule has 0 fully saturated rings. The second-order valence-corrected chi connectivity index (χ2v) is 4.43. The van der Waals surface area contributed by atoms with E-state index in [4.69, 9.17) is 0 Å². The molecule has 0 unspecified atom stereocenters. The molecule has 1 N–H and O–H groups in total. The molecule has 3 nitrogen and oxygen atoms in total. The topological polar surface area (TPSA) is 37.8 Å². The lowest BCUT2D eigenvalue weighted by Gasteiger charge is -2.06. The Balaban J connectivity index is 2.02. The Hall–Kier alpha value is -1.42. The zero-order valence-corrected chi connectivity index (χ0v) is 10.5. The highest BCUT2D eigenvalue weighted by atomic mass is 79.9. The van der Waals surface area contributed by atoms with E-state index >= 15 is 0 Å². The molecule has 0 saturated carbocycles. The highest BCUT2D eigenvalue weighted by Gasteiger charge is 1.96. The summed E-state index contributed by atoms with van der Waals surface area (Å²) in [6.45, 7) is 2.70. The quantitative estimate of drug-likeness (QED) is 0.937. The molecule has 0 bridgehead atoms. The third-order valence-corrected chi connectivity index (χ3v) is 2.56. The van der Waals surface area contributed by atoms with Crippen LogP contribution in [0.1, 0.15) is 11.4 Å². The molecular weight excluding hydrogens is 266 g/mol. The fourth-order valence-electron chi connectivity index (χ4n) is 1.40. The van der Waals surface area contributed by atoms with E-state index in [1.54, 1.807) is 12.4 Å². The normalized spacial score (nSPS) is 10.1. The molecule has 2 aromatic heterocycles. The fraction of sp³-hybridized carbons (Fsp3) is 0.167. The van der Waals surface area contributed by atoms with Gasteiger partial charge in [-0.05, 0) is 41.1 Å². The summed E-state index contributed by atoms with van der Waals surface area (Å²) in [5, 5.41) is 3.27. The molecule has 0 spiro atoms. The van der Waals surface area contributed by atoms with Crippen LogP contribution in [0.25, 0.3) is 0 Å². The zero-order valence-electron chi connectivity index (χ0n) is 8.94. The molecule has 0 amide bonds. The van der Waals surface area contributed by atoms with E-state index in [9.17, 15) is 0 Å². The first-order valence-corrected chi connectivity index (χ1v) is 5.80. The average molecular weight is 278 g/mol. The van der Waals surface area contributed by atoms with Gasteiger partial charge in [-0.15, -0.1) is 0 Å². The van der Waals surface area contributed by atoms with E-state index < -0.39 is 0 Å². The number of aryl methyl sites for hydroxylation is 1. The van der Waals surface area contributed by atoms with Crippen molar-refractivity contribution >= 4 is 21.6 Å². The standard InChI is InChI=1S/C12H12BrN3/c1-9-3-2-4-11(16-9)8-15-12-5-10(13)6-14-7-12/h2-7,15H,8H2,1H3. The first-order valence-electron chi connectivity index (χ1n) is 5.01. The number of halogens is 1. The van der Waals surface area contributed by atoms with E-state index in [0.29, 0.717) is 6.54 Å². The maximum absolute atomic E-state index is 4.42. The van der Waals surface area contributed by atoms with Crippen molar-refractivity contribution in [3.63, 3.8) is 0 Å². The van der Waals surface area contributed by atoms with Gasteiger partial charge in [0.1, 0.15) is 0 Å². The van der Waals surface area contributed by atoms with Crippen LogP contribution in [0.5, 0.6) is 0 Å². The summed E-state index contributed by atoms with van der Waals surface area (Å²) in [5.41, 5.74) is 3.05. The van der Waals surface area contributed by atoms with Gasteiger partial charge in [0.25, 0.3) is 0 Å². The van der Waals surface area contributed by atoms with Crippen molar-refractivity contribution in [2.75, 3.05) is 5.32 Å². The third kappa shape index (κ3) is 3.03. The van der Waals surface area contributed by atoms with Gasteiger partial charge in [-0.1, -0.05) is 6.07 Å². The minimum atomic E-state index is 0.708. The molecular formula is C12H12BrN3. The van der Waals surface area contributed by atoms with Gasteiger partial charge in [0.15, 0.2) is 0 Å². The van der Waals surface area contributed by atoms with Crippen molar-refractivity contribution in [1.29, 1.82) is 0 Å². The van der Waals surface area contributed by atoms with Crippen LogP contribution in [0.2, 0.25) is 0 Å². The molecule has 4 heteroatoms. The molecule has 0 aliphatic carbocycles. The van der Waals surface area contributed by atoms with Gasteiger partial charge in [0.2, 0.25) is 0 Å². The van der Waals surface area contributed by atoms with Crippen LogP contribution in [-0.2, 0) is 6.54 Å². The van der Waals surface area contributed by atoms with Crippen LogP contribution < -0.4 is 5.32 Å². The second kappa shape index (κ2) is 5.07. The minimum absolute atomic E-state index is 0.708. The molecule has 2 rings (SSSR count). The van der Waals surface area contributed by atoms with Crippen molar-refractivity contribution in [3.05, 3.63) is 52.5 Å². The lowest BCUT2D eigenvalue weighted by Crippen LogP contribution is -2.02. The summed E-state index contributed by atoms with van der Waals surface area (Å²) in [7, 11) is 0. The van der Waals surface area contributed by atoms with Gasteiger partial charge < -0.3 is 5.32 Å². The number of anilines is 1. The number of rotatable bonds is 3. The summed E-state index contributed by atoms with van der Waals surface area (Å²) >= 11 is 3.38. The number of pyridine rings is 2. The summed E-state index contributed by atoms with van der Waals surface area (Å²) in [6, 6.07) is 8.00. The van der Waals surface area contributed by atoms with Crippen LogP contribution in [0, 0.1) is 6.92 Å². The van der Waals surface area contributed by atoms with Gasteiger partial charge >= 0.3 is 0 Å². The maximum Gasteiger partial charge on any atom is 0.0597 e. The lowest BCUT2D eigenvalue weighted by atomic mass is 10.3. The van der Waals surface area contributed by atoms with E-state index in [2.05, 4.69) is 31.2 Å². The highest BCUT2D eigenvalue weighted by molar-refractivity contribution is 9.10.